The van der Waals surface area contributed by atoms with Crippen molar-refractivity contribution in [2.24, 2.45) is 10.1 Å². The van der Waals surface area contributed by atoms with Crippen molar-refractivity contribution in [2.45, 2.75) is 20.3 Å². The van der Waals surface area contributed by atoms with Gasteiger partial charge in [-0.3, -0.25) is 10.2 Å². The van der Waals surface area contributed by atoms with Gasteiger partial charge in [0.2, 0.25) is 5.17 Å². The standard InChI is InChI=1S/C30H28N4O4S/c1-19-8-7-9-20(2)27(19)38-15-14-37-24-13-12-22(17-25(24)36-3)16-23-28(31)34-30(32-29(23)35)39-26(33-34)18-21-10-5-4-6-11-21/h4-13,16-17,31H,14-15,18H2,1-3H3/b23-16-,31-28?. The van der Waals surface area contributed by atoms with E-state index in [-0.39, 0.29) is 11.4 Å². The van der Waals surface area contributed by atoms with Gasteiger partial charge in [0.05, 0.1) is 12.7 Å². The minimum absolute atomic E-state index is 0.0106. The molecule has 1 N–H and O–H groups in total. The van der Waals surface area contributed by atoms with Crippen molar-refractivity contribution in [3.05, 3.63) is 94.6 Å². The Hall–Kier alpha value is -4.37. The van der Waals surface area contributed by atoms with E-state index < -0.39 is 5.91 Å². The number of aliphatic imine (C=N–C) groups is 1. The van der Waals surface area contributed by atoms with Gasteiger partial charge in [0, 0.05) is 6.42 Å². The Morgan fingerprint density at radius 3 is 2.44 bits per heavy atom. The van der Waals surface area contributed by atoms with Crippen molar-refractivity contribution in [3.8, 4) is 17.2 Å². The van der Waals surface area contributed by atoms with Gasteiger partial charge in [-0.25, -0.2) is 0 Å². The van der Waals surface area contributed by atoms with Crippen LogP contribution < -0.4 is 14.2 Å². The van der Waals surface area contributed by atoms with Gasteiger partial charge < -0.3 is 14.2 Å². The molecule has 0 fully saturated rings. The molecule has 3 aromatic rings. The molecule has 2 aliphatic heterocycles. The molecule has 0 unspecified atom stereocenters. The molecule has 198 valence electrons. The zero-order valence-electron chi connectivity index (χ0n) is 21.9. The lowest BCUT2D eigenvalue weighted by Crippen LogP contribution is -2.35. The van der Waals surface area contributed by atoms with Crippen molar-refractivity contribution in [3.63, 3.8) is 0 Å². The van der Waals surface area contributed by atoms with Gasteiger partial charge in [-0.2, -0.15) is 15.1 Å². The highest BCUT2D eigenvalue weighted by atomic mass is 32.2. The number of ether oxygens (including phenoxy) is 3. The highest BCUT2D eigenvalue weighted by Crippen LogP contribution is 2.32. The third-order valence-electron chi connectivity index (χ3n) is 6.19. The number of hydrogen-bond acceptors (Lipinski definition) is 7. The summed E-state index contributed by atoms with van der Waals surface area (Å²) in [5.41, 5.74) is 4.09. The third kappa shape index (κ3) is 5.88. The van der Waals surface area contributed by atoms with Crippen molar-refractivity contribution in [1.82, 2.24) is 5.01 Å². The van der Waals surface area contributed by atoms with Crippen LogP contribution in [0, 0.1) is 19.3 Å². The van der Waals surface area contributed by atoms with E-state index in [2.05, 4.69) is 10.1 Å². The molecular formula is C30H28N4O4S. The number of amidine groups is 2. The number of carbonyl (C=O) groups is 1. The average Bonchev–Trinajstić information content (AvgIpc) is 3.33. The van der Waals surface area contributed by atoms with E-state index in [0.717, 1.165) is 27.5 Å². The van der Waals surface area contributed by atoms with E-state index in [9.17, 15) is 4.79 Å². The van der Waals surface area contributed by atoms with Crippen LogP contribution in [-0.2, 0) is 11.2 Å². The van der Waals surface area contributed by atoms with E-state index in [1.54, 1.807) is 31.4 Å². The summed E-state index contributed by atoms with van der Waals surface area (Å²) in [6.45, 7) is 4.75. The topological polar surface area (TPSA) is 96.6 Å². The van der Waals surface area contributed by atoms with Crippen LogP contribution in [0.4, 0.5) is 0 Å². The summed E-state index contributed by atoms with van der Waals surface area (Å²) in [6.07, 6.45) is 2.23. The molecule has 39 heavy (non-hydrogen) atoms. The summed E-state index contributed by atoms with van der Waals surface area (Å²) in [6, 6.07) is 21.3. The molecule has 2 aliphatic rings. The summed E-state index contributed by atoms with van der Waals surface area (Å²) in [4.78, 5) is 17.0. The zero-order chi connectivity index (χ0) is 27.4. The monoisotopic (exact) mass is 540 g/mol. The Bertz CT molecular complexity index is 1490. The summed E-state index contributed by atoms with van der Waals surface area (Å²) in [7, 11) is 1.56. The molecule has 0 atom stereocenters. The second kappa shape index (κ2) is 11.6. The van der Waals surface area contributed by atoms with Crippen molar-refractivity contribution in [1.29, 1.82) is 5.41 Å². The summed E-state index contributed by atoms with van der Waals surface area (Å²) in [5.74, 6) is 1.45. The smallest absolute Gasteiger partial charge is 0.283 e. The number of amides is 1. The van der Waals surface area contributed by atoms with Gasteiger partial charge in [-0.15, -0.1) is 0 Å². The fourth-order valence-electron chi connectivity index (χ4n) is 4.26. The van der Waals surface area contributed by atoms with Crippen LogP contribution in [0.5, 0.6) is 17.2 Å². The number of carbonyl (C=O) groups excluding carboxylic acids is 1. The van der Waals surface area contributed by atoms with E-state index in [4.69, 9.17) is 19.6 Å². The number of methoxy groups -OCH3 is 1. The molecule has 2 heterocycles. The van der Waals surface area contributed by atoms with Crippen LogP contribution in [0.15, 0.2) is 82.4 Å². The van der Waals surface area contributed by atoms with Gasteiger partial charge in [0.1, 0.15) is 24.0 Å². The maximum absolute atomic E-state index is 12.8. The Morgan fingerprint density at radius 1 is 0.949 bits per heavy atom. The van der Waals surface area contributed by atoms with Gasteiger partial charge in [-0.05, 0) is 66.1 Å². The van der Waals surface area contributed by atoms with Crippen LogP contribution in [0.25, 0.3) is 6.08 Å². The molecule has 9 heteroatoms. The molecule has 1 amide bonds. The van der Waals surface area contributed by atoms with Crippen molar-refractivity contribution in [2.75, 3.05) is 20.3 Å². The van der Waals surface area contributed by atoms with Crippen LogP contribution in [0.3, 0.4) is 0 Å². The maximum atomic E-state index is 12.8. The van der Waals surface area contributed by atoms with E-state index in [1.165, 1.54) is 16.8 Å². The number of nitrogens with zero attached hydrogens (tertiary/aromatic N) is 3. The van der Waals surface area contributed by atoms with Gasteiger partial charge in [0.25, 0.3) is 5.91 Å². The number of para-hydroxylation sites is 1. The highest BCUT2D eigenvalue weighted by molar-refractivity contribution is 8.26. The molecule has 0 saturated carbocycles. The summed E-state index contributed by atoms with van der Waals surface area (Å²) >= 11 is 1.31. The Labute approximate surface area is 231 Å². The van der Waals surface area contributed by atoms with Crippen LogP contribution in [0.1, 0.15) is 22.3 Å². The number of fused-ring (bicyclic) bond motifs is 1. The first-order valence-electron chi connectivity index (χ1n) is 12.5. The Morgan fingerprint density at radius 2 is 1.69 bits per heavy atom. The fourth-order valence-corrected chi connectivity index (χ4v) is 5.17. The molecule has 5 rings (SSSR count). The third-order valence-corrected chi connectivity index (χ3v) is 7.10. The molecule has 0 aromatic heterocycles. The normalized spacial score (nSPS) is 15.7. The lowest BCUT2D eigenvalue weighted by Gasteiger charge is -2.20. The fraction of sp³-hybridized carbons (Fsp3) is 0.200. The van der Waals surface area contributed by atoms with Crippen LogP contribution in [-0.4, -0.2) is 47.3 Å². The second-order valence-electron chi connectivity index (χ2n) is 9.00. The quantitative estimate of drug-likeness (QED) is 0.279. The minimum atomic E-state index is -0.474. The predicted octanol–water partition coefficient (Wildman–Crippen LogP) is 5.63. The predicted molar refractivity (Wildman–Crippen MR) is 155 cm³/mol. The average molecular weight is 541 g/mol. The molecule has 0 bridgehead atoms. The Kier molecular flexibility index (Phi) is 7.79. The van der Waals surface area contributed by atoms with Gasteiger partial charge in [0.15, 0.2) is 17.3 Å². The Balaban J connectivity index is 1.26. The molecule has 0 aliphatic carbocycles. The molecular weight excluding hydrogens is 512 g/mol. The summed E-state index contributed by atoms with van der Waals surface area (Å²) in [5, 5.41) is 15.8. The van der Waals surface area contributed by atoms with Gasteiger partial charge >= 0.3 is 0 Å². The van der Waals surface area contributed by atoms with E-state index >= 15 is 0 Å². The zero-order valence-corrected chi connectivity index (χ0v) is 22.7. The maximum Gasteiger partial charge on any atom is 0.283 e. The number of aryl methyl sites for hydroxylation is 2. The summed E-state index contributed by atoms with van der Waals surface area (Å²) < 4.78 is 17.3. The first-order valence-corrected chi connectivity index (χ1v) is 13.3. The largest absolute Gasteiger partial charge is 0.493 e. The minimum Gasteiger partial charge on any atom is -0.493 e. The molecule has 0 saturated heterocycles. The number of thioether (sulfide) groups is 1. The first-order chi connectivity index (χ1) is 18.9. The first kappa shape index (κ1) is 26.2. The SMILES string of the molecule is COc1cc(/C=C2/C(=N)N3N=C(Cc4ccccc4)SC3=NC2=O)ccc1OCCOc1c(C)cccc1C. The highest BCUT2D eigenvalue weighted by Gasteiger charge is 2.35. The number of rotatable bonds is 9. The number of benzene rings is 3. The van der Waals surface area contributed by atoms with Crippen molar-refractivity contribution >= 4 is 39.8 Å². The number of hydrazone groups is 1. The molecule has 8 nitrogen and oxygen atoms in total. The van der Waals surface area contributed by atoms with Crippen LogP contribution >= 0.6 is 11.8 Å². The van der Waals surface area contributed by atoms with E-state index in [0.29, 0.717) is 41.9 Å². The lowest BCUT2D eigenvalue weighted by molar-refractivity contribution is -0.114. The number of hydrogen-bond donors (Lipinski definition) is 1. The molecule has 0 radical (unpaired) electrons. The molecule has 3 aromatic carbocycles. The van der Waals surface area contributed by atoms with Crippen LogP contribution in [0.2, 0.25) is 0 Å². The molecule has 0 spiro atoms. The van der Waals surface area contributed by atoms with Crippen molar-refractivity contribution < 1.29 is 19.0 Å². The lowest BCUT2D eigenvalue weighted by atomic mass is 10.1. The van der Waals surface area contributed by atoms with E-state index in [1.807, 2.05) is 62.4 Å². The van der Waals surface area contributed by atoms with Gasteiger partial charge in [-0.1, -0.05) is 54.6 Å². The number of nitrogens with one attached hydrogen (secondary N) is 1. The second-order valence-corrected chi connectivity index (χ2v) is 10.0.